The maximum Gasteiger partial charge on any atom is 0.196 e. The second kappa shape index (κ2) is 6.91. The number of thiazole rings is 1. The van der Waals surface area contributed by atoms with Crippen molar-refractivity contribution in [1.29, 1.82) is 0 Å². The summed E-state index contributed by atoms with van der Waals surface area (Å²) in [5, 5.41) is 8.23. The molecule has 1 unspecified atom stereocenters. The van der Waals surface area contributed by atoms with E-state index in [2.05, 4.69) is 22.5 Å². The van der Waals surface area contributed by atoms with Crippen LogP contribution in [0, 0.1) is 17.5 Å². The van der Waals surface area contributed by atoms with Gasteiger partial charge in [0.25, 0.3) is 0 Å². The quantitative estimate of drug-likeness (QED) is 0.778. The molecule has 1 aromatic carbocycles. The van der Waals surface area contributed by atoms with Gasteiger partial charge in [0.2, 0.25) is 0 Å². The van der Waals surface area contributed by atoms with Gasteiger partial charge in [-0.05, 0) is 32.0 Å². The fourth-order valence-electron chi connectivity index (χ4n) is 1.75. The lowest BCUT2D eigenvalue weighted by atomic mass is 10.2. The number of nitrogens with one attached hydrogen (secondary N) is 2. The average Bonchev–Trinajstić information content (AvgIpc) is 2.94. The Hall–Kier alpha value is -1.60. The summed E-state index contributed by atoms with van der Waals surface area (Å²) >= 11 is 1.28. The van der Waals surface area contributed by atoms with Crippen molar-refractivity contribution < 1.29 is 13.2 Å². The number of rotatable bonds is 6. The van der Waals surface area contributed by atoms with Crippen molar-refractivity contribution >= 4 is 22.2 Å². The maximum atomic E-state index is 13.6. The van der Waals surface area contributed by atoms with Crippen LogP contribution in [0.2, 0.25) is 0 Å². The molecule has 0 aliphatic carbocycles. The molecule has 2 rings (SSSR count). The summed E-state index contributed by atoms with van der Waals surface area (Å²) in [5.41, 5.74) is 0.683. The van der Waals surface area contributed by atoms with Crippen LogP contribution in [0.15, 0.2) is 17.5 Å². The topological polar surface area (TPSA) is 37.0 Å². The Kier molecular flexibility index (Phi) is 5.19. The fraction of sp³-hybridized carbons (Fsp3) is 0.357. The van der Waals surface area contributed by atoms with Crippen LogP contribution in [-0.4, -0.2) is 11.5 Å². The molecule has 0 aliphatic rings. The summed E-state index contributed by atoms with van der Waals surface area (Å²) in [6.45, 7) is 4.92. The van der Waals surface area contributed by atoms with Crippen LogP contribution in [0.25, 0.3) is 0 Å². The molecule has 2 N–H and O–H groups in total. The molecule has 0 saturated heterocycles. The van der Waals surface area contributed by atoms with E-state index in [9.17, 15) is 13.2 Å². The third kappa shape index (κ3) is 3.74. The molecule has 0 spiro atoms. The fourth-order valence-corrected chi connectivity index (χ4v) is 2.56. The highest BCUT2D eigenvalue weighted by atomic mass is 32.1. The molecule has 21 heavy (non-hydrogen) atoms. The van der Waals surface area contributed by atoms with Crippen molar-refractivity contribution in [2.75, 3.05) is 11.9 Å². The lowest BCUT2D eigenvalue weighted by Crippen LogP contribution is -2.19. The van der Waals surface area contributed by atoms with Crippen LogP contribution in [0.3, 0.4) is 0 Å². The molecule has 1 aromatic heterocycles. The summed E-state index contributed by atoms with van der Waals surface area (Å²) in [6, 6.07) is 2.10. The Morgan fingerprint density at radius 2 is 2.00 bits per heavy atom. The van der Waals surface area contributed by atoms with Gasteiger partial charge in [0, 0.05) is 11.4 Å². The van der Waals surface area contributed by atoms with Gasteiger partial charge in [-0.3, -0.25) is 0 Å². The van der Waals surface area contributed by atoms with E-state index in [0.717, 1.165) is 30.8 Å². The van der Waals surface area contributed by atoms with Gasteiger partial charge in [-0.25, -0.2) is 18.2 Å². The summed E-state index contributed by atoms with van der Waals surface area (Å²) in [7, 11) is 0. The molecule has 0 saturated carbocycles. The number of nitrogens with zero attached hydrogens (tertiary/aromatic N) is 1. The van der Waals surface area contributed by atoms with Crippen LogP contribution in [-0.2, 0) is 0 Å². The molecular weight excluding hydrogens is 299 g/mol. The molecule has 114 valence electrons. The van der Waals surface area contributed by atoms with Crippen molar-refractivity contribution in [3.8, 4) is 0 Å². The van der Waals surface area contributed by atoms with Crippen molar-refractivity contribution in [2.45, 2.75) is 26.3 Å². The Balaban J connectivity index is 2.11. The average molecular weight is 315 g/mol. The van der Waals surface area contributed by atoms with E-state index in [-0.39, 0.29) is 11.7 Å². The number of hydrogen-bond donors (Lipinski definition) is 2. The van der Waals surface area contributed by atoms with Gasteiger partial charge in [-0.15, -0.1) is 11.3 Å². The van der Waals surface area contributed by atoms with E-state index in [1.165, 1.54) is 11.3 Å². The third-order valence-electron chi connectivity index (χ3n) is 2.94. The molecule has 7 heteroatoms. The minimum Gasteiger partial charge on any atom is -0.329 e. The van der Waals surface area contributed by atoms with E-state index < -0.39 is 17.5 Å². The molecule has 0 fully saturated rings. The largest absolute Gasteiger partial charge is 0.329 e. The number of anilines is 2. The predicted octanol–water partition coefficient (Wildman–Crippen LogP) is 4.36. The molecule has 0 radical (unpaired) electrons. The van der Waals surface area contributed by atoms with Crippen molar-refractivity contribution in [3.63, 3.8) is 0 Å². The Morgan fingerprint density at radius 3 is 2.71 bits per heavy atom. The van der Waals surface area contributed by atoms with Crippen LogP contribution >= 0.6 is 11.3 Å². The maximum absolute atomic E-state index is 13.6. The van der Waals surface area contributed by atoms with Crippen LogP contribution < -0.4 is 10.6 Å². The van der Waals surface area contributed by atoms with E-state index in [1.807, 2.05) is 12.3 Å². The standard InChI is InChI=1S/C14H16F3N3S/c1-3-6-18-8(2)11-7-21-14(20-11)19-10-5-4-9(15)12(16)13(10)17/h4-5,7-8,18H,3,6H2,1-2H3,(H,19,20). The smallest absolute Gasteiger partial charge is 0.196 e. The minimum atomic E-state index is -1.49. The highest BCUT2D eigenvalue weighted by molar-refractivity contribution is 7.13. The Labute approximate surface area is 125 Å². The summed E-state index contributed by atoms with van der Waals surface area (Å²) < 4.78 is 39.6. The molecule has 3 nitrogen and oxygen atoms in total. The summed E-state index contributed by atoms with van der Waals surface area (Å²) in [4.78, 5) is 4.31. The first-order valence-corrected chi connectivity index (χ1v) is 7.50. The van der Waals surface area contributed by atoms with E-state index >= 15 is 0 Å². The van der Waals surface area contributed by atoms with Gasteiger partial charge in [0.15, 0.2) is 22.6 Å². The van der Waals surface area contributed by atoms with Gasteiger partial charge >= 0.3 is 0 Å². The highest BCUT2D eigenvalue weighted by Crippen LogP contribution is 2.27. The van der Waals surface area contributed by atoms with Gasteiger partial charge < -0.3 is 10.6 Å². The normalized spacial score (nSPS) is 12.4. The Bertz CT molecular complexity index is 616. The van der Waals surface area contributed by atoms with E-state index in [4.69, 9.17) is 0 Å². The zero-order valence-electron chi connectivity index (χ0n) is 11.7. The zero-order valence-corrected chi connectivity index (χ0v) is 12.5. The lowest BCUT2D eigenvalue weighted by Gasteiger charge is -2.10. The Morgan fingerprint density at radius 1 is 1.24 bits per heavy atom. The first kappa shape index (κ1) is 15.8. The lowest BCUT2D eigenvalue weighted by molar-refractivity contribution is 0.449. The zero-order chi connectivity index (χ0) is 15.4. The molecule has 0 aliphatic heterocycles. The van der Waals surface area contributed by atoms with E-state index in [0.29, 0.717) is 5.13 Å². The van der Waals surface area contributed by atoms with Crippen LogP contribution in [0.5, 0.6) is 0 Å². The molecule has 2 aromatic rings. The monoisotopic (exact) mass is 315 g/mol. The first-order valence-electron chi connectivity index (χ1n) is 6.62. The van der Waals surface area contributed by atoms with Gasteiger partial charge in [-0.2, -0.15) is 0 Å². The number of halogens is 3. The van der Waals surface area contributed by atoms with Crippen LogP contribution in [0.1, 0.15) is 32.0 Å². The summed E-state index contributed by atoms with van der Waals surface area (Å²) in [6.07, 6.45) is 1.01. The van der Waals surface area contributed by atoms with Gasteiger partial charge in [0.1, 0.15) is 0 Å². The third-order valence-corrected chi connectivity index (χ3v) is 3.72. The highest BCUT2D eigenvalue weighted by Gasteiger charge is 2.15. The van der Waals surface area contributed by atoms with Crippen molar-refractivity contribution in [2.24, 2.45) is 0 Å². The minimum absolute atomic E-state index is 0.0755. The molecule has 1 heterocycles. The first-order chi connectivity index (χ1) is 10.0. The number of benzene rings is 1. The number of aromatic nitrogens is 1. The molecule has 0 amide bonds. The SMILES string of the molecule is CCCNC(C)c1csc(Nc2ccc(F)c(F)c2F)n1. The molecule has 1 atom stereocenters. The van der Waals surface area contributed by atoms with Gasteiger partial charge in [0.05, 0.1) is 11.4 Å². The van der Waals surface area contributed by atoms with Crippen LogP contribution in [0.4, 0.5) is 24.0 Å². The molecular formula is C14H16F3N3S. The molecule has 0 bridgehead atoms. The predicted molar refractivity (Wildman–Crippen MR) is 78.4 cm³/mol. The van der Waals surface area contributed by atoms with E-state index in [1.54, 1.807) is 0 Å². The van der Waals surface area contributed by atoms with Crippen molar-refractivity contribution in [1.82, 2.24) is 10.3 Å². The number of hydrogen-bond acceptors (Lipinski definition) is 4. The van der Waals surface area contributed by atoms with Crippen molar-refractivity contribution in [3.05, 3.63) is 40.7 Å². The second-order valence-corrected chi connectivity index (χ2v) is 5.46. The summed E-state index contributed by atoms with van der Waals surface area (Å²) in [5.74, 6) is -3.95. The second-order valence-electron chi connectivity index (χ2n) is 4.60. The van der Waals surface area contributed by atoms with Gasteiger partial charge in [-0.1, -0.05) is 6.92 Å².